The largest absolute Gasteiger partial charge is 0.488 e. The van der Waals surface area contributed by atoms with Crippen molar-refractivity contribution in [1.82, 2.24) is 9.80 Å². The minimum absolute atomic E-state index is 0.00920. The van der Waals surface area contributed by atoms with Crippen LogP contribution < -0.4 is 4.74 Å². The van der Waals surface area contributed by atoms with Crippen molar-refractivity contribution in [3.8, 4) is 5.75 Å². The molecule has 0 aliphatic carbocycles. The van der Waals surface area contributed by atoms with Crippen molar-refractivity contribution in [1.29, 1.82) is 0 Å². The SMILES string of the molecule is O=C(c1cccc(OC2CN(Cc3ccc(F)cc3Cl)C2)c1)N1CCOCC1. The Bertz CT molecular complexity index is 851. The third-order valence-corrected chi connectivity index (χ3v) is 5.37. The van der Waals surface area contributed by atoms with Gasteiger partial charge in [0.25, 0.3) is 5.91 Å². The fraction of sp³-hybridized carbons (Fsp3) is 0.381. The van der Waals surface area contributed by atoms with E-state index in [1.165, 1.54) is 12.1 Å². The van der Waals surface area contributed by atoms with Gasteiger partial charge in [-0.05, 0) is 35.9 Å². The molecule has 28 heavy (non-hydrogen) atoms. The average molecular weight is 405 g/mol. The first-order chi connectivity index (χ1) is 13.6. The van der Waals surface area contributed by atoms with E-state index in [0.29, 0.717) is 49.2 Å². The van der Waals surface area contributed by atoms with Crippen LogP contribution in [0.3, 0.4) is 0 Å². The van der Waals surface area contributed by atoms with E-state index in [-0.39, 0.29) is 17.8 Å². The predicted molar refractivity (Wildman–Crippen MR) is 104 cm³/mol. The molecule has 0 N–H and O–H groups in total. The van der Waals surface area contributed by atoms with Gasteiger partial charge < -0.3 is 14.4 Å². The fourth-order valence-corrected chi connectivity index (χ4v) is 3.69. The van der Waals surface area contributed by atoms with Gasteiger partial charge in [0, 0.05) is 43.3 Å². The van der Waals surface area contributed by atoms with Gasteiger partial charge in [-0.15, -0.1) is 0 Å². The molecule has 5 nitrogen and oxygen atoms in total. The van der Waals surface area contributed by atoms with Gasteiger partial charge in [0.05, 0.1) is 13.2 Å². The predicted octanol–water partition coefficient (Wildman–Crippen LogP) is 3.21. The summed E-state index contributed by atoms with van der Waals surface area (Å²) in [4.78, 5) is 16.6. The lowest BCUT2D eigenvalue weighted by molar-refractivity contribution is 0.0144. The van der Waals surface area contributed by atoms with E-state index in [0.717, 1.165) is 18.7 Å². The molecule has 2 fully saturated rings. The van der Waals surface area contributed by atoms with Crippen LogP contribution in [-0.2, 0) is 11.3 Å². The van der Waals surface area contributed by atoms with E-state index in [1.54, 1.807) is 17.0 Å². The van der Waals surface area contributed by atoms with Gasteiger partial charge in [-0.1, -0.05) is 23.7 Å². The van der Waals surface area contributed by atoms with E-state index in [1.807, 2.05) is 18.2 Å². The molecule has 1 amide bonds. The summed E-state index contributed by atoms with van der Waals surface area (Å²) < 4.78 is 24.5. The van der Waals surface area contributed by atoms with E-state index in [9.17, 15) is 9.18 Å². The number of nitrogens with zero attached hydrogens (tertiary/aromatic N) is 2. The van der Waals surface area contributed by atoms with Gasteiger partial charge in [0.15, 0.2) is 0 Å². The summed E-state index contributed by atoms with van der Waals surface area (Å²) in [6.45, 7) is 4.58. The smallest absolute Gasteiger partial charge is 0.254 e. The summed E-state index contributed by atoms with van der Waals surface area (Å²) in [5.41, 5.74) is 1.54. The highest BCUT2D eigenvalue weighted by Crippen LogP contribution is 2.24. The molecular formula is C21H22ClFN2O3. The Labute approximate surface area is 168 Å². The molecule has 2 heterocycles. The number of halogens is 2. The maximum atomic E-state index is 13.1. The first kappa shape index (κ1) is 19.2. The van der Waals surface area contributed by atoms with E-state index in [2.05, 4.69) is 4.90 Å². The van der Waals surface area contributed by atoms with Crippen molar-refractivity contribution in [3.05, 3.63) is 64.4 Å². The molecule has 148 valence electrons. The number of likely N-dealkylation sites (tertiary alicyclic amines) is 1. The number of carbonyl (C=O) groups is 1. The molecule has 0 unspecified atom stereocenters. The highest BCUT2D eigenvalue weighted by Gasteiger charge is 2.29. The third kappa shape index (κ3) is 4.46. The van der Waals surface area contributed by atoms with Crippen LogP contribution >= 0.6 is 11.6 Å². The van der Waals surface area contributed by atoms with Crippen LogP contribution in [-0.4, -0.2) is 61.2 Å². The average Bonchev–Trinajstić information content (AvgIpc) is 2.68. The maximum Gasteiger partial charge on any atom is 0.254 e. The first-order valence-corrected chi connectivity index (χ1v) is 9.76. The Morgan fingerprint density at radius 1 is 1.18 bits per heavy atom. The van der Waals surface area contributed by atoms with Gasteiger partial charge in [0.1, 0.15) is 17.7 Å². The summed E-state index contributed by atoms with van der Waals surface area (Å²) in [7, 11) is 0. The van der Waals surface area contributed by atoms with Gasteiger partial charge in [-0.25, -0.2) is 4.39 Å². The zero-order chi connectivity index (χ0) is 19.5. The van der Waals surface area contributed by atoms with Crippen molar-refractivity contribution < 1.29 is 18.7 Å². The Morgan fingerprint density at radius 3 is 2.71 bits per heavy atom. The quantitative estimate of drug-likeness (QED) is 0.767. The van der Waals surface area contributed by atoms with Crippen molar-refractivity contribution in [3.63, 3.8) is 0 Å². The number of benzene rings is 2. The Hall–Kier alpha value is -2.15. The van der Waals surface area contributed by atoms with Crippen molar-refractivity contribution >= 4 is 17.5 Å². The molecule has 0 aromatic heterocycles. The molecule has 2 aromatic rings. The Morgan fingerprint density at radius 2 is 1.96 bits per heavy atom. The second-order valence-electron chi connectivity index (χ2n) is 7.10. The Balaban J connectivity index is 1.30. The number of hydrogen-bond acceptors (Lipinski definition) is 4. The number of hydrogen-bond donors (Lipinski definition) is 0. The lowest BCUT2D eigenvalue weighted by Gasteiger charge is -2.39. The normalized spacial score (nSPS) is 18.0. The highest BCUT2D eigenvalue weighted by atomic mass is 35.5. The van der Waals surface area contributed by atoms with Gasteiger partial charge in [-0.2, -0.15) is 0 Å². The summed E-state index contributed by atoms with van der Waals surface area (Å²) in [6.07, 6.45) is 0.0629. The summed E-state index contributed by atoms with van der Waals surface area (Å²) in [6, 6.07) is 11.8. The molecule has 2 saturated heterocycles. The van der Waals surface area contributed by atoms with Gasteiger partial charge in [-0.3, -0.25) is 9.69 Å². The monoisotopic (exact) mass is 404 g/mol. The molecule has 4 rings (SSSR count). The van der Waals surface area contributed by atoms with Crippen LogP contribution in [0, 0.1) is 5.82 Å². The molecule has 2 aliphatic rings. The number of carbonyl (C=O) groups excluding carboxylic acids is 1. The Kier molecular flexibility index (Phi) is 5.80. The van der Waals surface area contributed by atoms with Crippen molar-refractivity contribution in [2.45, 2.75) is 12.6 Å². The number of rotatable bonds is 5. The molecule has 0 radical (unpaired) electrons. The molecule has 0 saturated carbocycles. The highest BCUT2D eigenvalue weighted by molar-refractivity contribution is 6.31. The van der Waals surface area contributed by atoms with E-state index >= 15 is 0 Å². The van der Waals surface area contributed by atoms with Crippen molar-refractivity contribution in [2.75, 3.05) is 39.4 Å². The van der Waals surface area contributed by atoms with E-state index < -0.39 is 0 Å². The maximum absolute atomic E-state index is 13.1. The van der Waals surface area contributed by atoms with Crippen LogP contribution in [0.5, 0.6) is 5.75 Å². The fourth-order valence-electron chi connectivity index (χ4n) is 3.46. The minimum Gasteiger partial charge on any atom is -0.488 e. The zero-order valence-electron chi connectivity index (χ0n) is 15.4. The number of ether oxygens (including phenoxy) is 2. The number of morpholine rings is 1. The van der Waals surface area contributed by atoms with Crippen LogP contribution in [0.15, 0.2) is 42.5 Å². The molecule has 0 spiro atoms. The summed E-state index contributed by atoms with van der Waals surface area (Å²) in [5, 5.41) is 0.443. The lowest BCUT2D eigenvalue weighted by Crippen LogP contribution is -2.53. The second-order valence-corrected chi connectivity index (χ2v) is 7.51. The minimum atomic E-state index is -0.329. The van der Waals surface area contributed by atoms with Crippen LogP contribution in [0.1, 0.15) is 15.9 Å². The summed E-state index contributed by atoms with van der Waals surface area (Å²) in [5.74, 6) is 0.378. The molecule has 2 aliphatic heterocycles. The third-order valence-electron chi connectivity index (χ3n) is 5.01. The second kappa shape index (κ2) is 8.47. The van der Waals surface area contributed by atoms with Gasteiger partial charge in [0.2, 0.25) is 0 Å². The van der Waals surface area contributed by atoms with Crippen LogP contribution in [0.25, 0.3) is 0 Å². The molecule has 2 aromatic carbocycles. The molecular weight excluding hydrogens is 383 g/mol. The summed E-state index contributed by atoms with van der Waals surface area (Å²) >= 11 is 6.09. The van der Waals surface area contributed by atoms with Gasteiger partial charge >= 0.3 is 0 Å². The standard InChI is InChI=1S/C21H22ClFN2O3/c22-20-11-17(23)5-4-16(20)12-24-13-19(14-24)28-18-3-1-2-15(10-18)21(26)25-6-8-27-9-7-25/h1-5,10-11,19H,6-9,12-14H2. The van der Waals surface area contributed by atoms with E-state index in [4.69, 9.17) is 21.1 Å². The topological polar surface area (TPSA) is 42.0 Å². The van der Waals surface area contributed by atoms with Crippen LogP contribution in [0.2, 0.25) is 5.02 Å². The van der Waals surface area contributed by atoms with Crippen LogP contribution in [0.4, 0.5) is 4.39 Å². The van der Waals surface area contributed by atoms with Crippen molar-refractivity contribution in [2.24, 2.45) is 0 Å². The number of amides is 1. The molecule has 0 atom stereocenters. The lowest BCUT2D eigenvalue weighted by atomic mass is 10.1. The first-order valence-electron chi connectivity index (χ1n) is 9.38. The molecule has 0 bridgehead atoms. The zero-order valence-corrected chi connectivity index (χ0v) is 16.2. The molecule has 7 heteroatoms.